The van der Waals surface area contributed by atoms with Gasteiger partial charge in [-0.25, -0.2) is 4.79 Å². The highest BCUT2D eigenvalue weighted by atomic mass is 16.5. The number of ether oxygens (including phenoxy) is 2. The van der Waals surface area contributed by atoms with Crippen LogP contribution in [-0.4, -0.2) is 95.6 Å². The first-order chi connectivity index (χ1) is 16.2. The summed E-state index contributed by atoms with van der Waals surface area (Å²) in [6.07, 6.45) is 0.648. The Balaban J connectivity index is 0.00000103. The molecule has 11 heteroatoms. The Labute approximate surface area is 197 Å². The maximum absolute atomic E-state index is 13.4. The molecule has 34 heavy (non-hydrogen) atoms. The fourth-order valence-electron chi connectivity index (χ4n) is 4.58. The zero-order chi connectivity index (χ0) is 24.9. The highest BCUT2D eigenvalue weighted by molar-refractivity contribution is 6.08. The van der Waals surface area contributed by atoms with Crippen LogP contribution in [0.25, 0.3) is 0 Å². The molecule has 0 atom stereocenters. The van der Waals surface area contributed by atoms with Gasteiger partial charge in [0, 0.05) is 19.6 Å². The van der Waals surface area contributed by atoms with Crippen molar-refractivity contribution in [3.63, 3.8) is 0 Å². The van der Waals surface area contributed by atoms with Crippen LogP contribution in [0.15, 0.2) is 30.3 Å². The summed E-state index contributed by atoms with van der Waals surface area (Å²) in [6.45, 7) is 3.00. The molecule has 4 rings (SSSR count). The molecule has 3 saturated heterocycles. The molecule has 1 N–H and O–H groups in total. The highest BCUT2D eigenvalue weighted by Crippen LogP contribution is 2.40. The summed E-state index contributed by atoms with van der Waals surface area (Å²) in [7, 11) is 1.22. The van der Waals surface area contributed by atoms with Crippen LogP contribution in [-0.2, 0) is 35.2 Å². The summed E-state index contributed by atoms with van der Waals surface area (Å²) in [6, 6.07) is 8.92. The average molecular weight is 475 g/mol. The number of urea groups is 1. The Morgan fingerprint density at radius 3 is 2.24 bits per heavy atom. The predicted molar refractivity (Wildman–Crippen MR) is 117 cm³/mol. The lowest BCUT2D eigenvalue weighted by atomic mass is 9.82. The molecule has 0 saturated carbocycles. The summed E-state index contributed by atoms with van der Waals surface area (Å²) in [5, 5.41) is 6.89. The van der Waals surface area contributed by atoms with Gasteiger partial charge >= 0.3 is 12.0 Å². The van der Waals surface area contributed by atoms with Crippen LogP contribution in [0.2, 0.25) is 0 Å². The molecule has 3 heterocycles. The molecule has 3 aliphatic heterocycles. The van der Waals surface area contributed by atoms with E-state index in [4.69, 9.17) is 14.6 Å². The van der Waals surface area contributed by atoms with Crippen LogP contribution in [0.5, 0.6) is 0 Å². The SMILES string of the molecule is COC(=O)CN1C(=O)N(Cc2ccccc2)C2(CCN(C(=O)C3(C)COC3)CC2)C1=O.O=CO. The topological polar surface area (TPSA) is 134 Å². The van der Waals surface area contributed by atoms with Gasteiger partial charge in [0.15, 0.2) is 0 Å². The summed E-state index contributed by atoms with van der Waals surface area (Å²) < 4.78 is 9.89. The molecule has 1 aromatic rings. The molecule has 0 bridgehead atoms. The maximum atomic E-state index is 13.4. The van der Waals surface area contributed by atoms with Gasteiger partial charge in [-0.15, -0.1) is 0 Å². The second-order valence-corrected chi connectivity index (χ2v) is 8.80. The number of carbonyl (C=O) groups is 5. The van der Waals surface area contributed by atoms with E-state index in [0.717, 1.165) is 10.5 Å². The third kappa shape index (κ3) is 4.60. The van der Waals surface area contributed by atoms with Crippen LogP contribution in [0.3, 0.4) is 0 Å². The van der Waals surface area contributed by atoms with Crippen molar-refractivity contribution in [1.82, 2.24) is 14.7 Å². The number of benzene rings is 1. The number of methoxy groups -OCH3 is 1. The van der Waals surface area contributed by atoms with Gasteiger partial charge < -0.3 is 24.4 Å². The van der Waals surface area contributed by atoms with Crippen molar-refractivity contribution >= 4 is 30.3 Å². The maximum Gasteiger partial charge on any atom is 0.328 e. The van der Waals surface area contributed by atoms with Gasteiger partial charge in [-0.3, -0.25) is 24.1 Å². The van der Waals surface area contributed by atoms with E-state index in [-0.39, 0.29) is 18.9 Å². The molecule has 3 aliphatic rings. The van der Waals surface area contributed by atoms with Gasteiger partial charge in [0.25, 0.3) is 12.4 Å². The van der Waals surface area contributed by atoms with Gasteiger partial charge in [0.1, 0.15) is 12.1 Å². The standard InChI is InChI=1S/C22H27N3O6.CH2O2/c1-21(14-31-15-21)18(27)23-10-8-22(9-11-23)19(28)24(13-17(26)30-2)20(29)25(22)12-16-6-4-3-5-7-16;2-1-3/h3-7H,8-15H2,1-2H3;1H,(H,2,3). The second-order valence-electron chi connectivity index (χ2n) is 8.80. The van der Waals surface area contributed by atoms with Gasteiger partial charge in [-0.05, 0) is 25.3 Å². The minimum absolute atomic E-state index is 0.0198. The molecule has 0 aliphatic carbocycles. The van der Waals surface area contributed by atoms with Crippen molar-refractivity contribution < 1.29 is 38.6 Å². The molecule has 0 radical (unpaired) electrons. The Morgan fingerprint density at radius 1 is 1.15 bits per heavy atom. The quantitative estimate of drug-likeness (QED) is 0.374. The second kappa shape index (κ2) is 10.2. The van der Waals surface area contributed by atoms with Crippen LogP contribution >= 0.6 is 0 Å². The third-order valence-corrected chi connectivity index (χ3v) is 6.56. The Morgan fingerprint density at radius 2 is 1.74 bits per heavy atom. The predicted octanol–water partition coefficient (Wildman–Crippen LogP) is 0.722. The van der Waals surface area contributed by atoms with Crippen LogP contribution in [0.4, 0.5) is 4.79 Å². The van der Waals surface area contributed by atoms with Crippen molar-refractivity contribution in [2.45, 2.75) is 31.8 Å². The zero-order valence-corrected chi connectivity index (χ0v) is 19.3. The van der Waals surface area contributed by atoms with Crippen molar-refractivity contribution in [2.24, 2.45) is 5.41 Å². The van der Waals surface area contributed by atoms with E-state index < -0.39 is 35.4 Å². The molecule has 0 aromatic heterocycles. The average Bonchev–Trinajstić information content (AvgIpc) is 3.00. The first kappa shape index (κ1) is 25.2. The molecule has 11 nitrogen and oxygen atoms in total. The minimum Gasteiger partial charge on any atom is -0.483 e. The number of nitrogens with zero attached hydrogens (tertiary/aromatic N) is 3. The van der Waals surface area contributed by atoms with Crippen molar-refractivity contribution in [2.75, 3.05) is 40.0 Å². The number of hydrogen-bond acceptors (Lipinski definition) is 7. The van der Waals surface area contributed by atoms with E-state index in [2.05, 4.69) is 4.74 Å². The van der Waals surface area contributed by atoms with E-state index in [1.165, 1.54) is 7.11 Å². The Kier molecular flexibility index (Phi) is 7.55. The number of rotatable bonds is 5. The molecular weight excluding hydrogens is 446 g/mol. The van der Waals surface area contributed by atoms with Gasteiger partial charge in [-0.1, -0.05) is 30.3 Å². The lowest BCUT2D eigenvalue weighted by molar-refractivity contribution is -0.171. The summed E-state index contributed by atoms with van der Waals surface area (Å²) in [4.78, 5) is 64.0. The van der Waals surface area contributed by atoms with Gasteiger partial charge in [-0.2, -0.15) is 0 Å². The van der Waals surface area contributed by atoms with E-state index in [1.807, 2.05) is 37.3 Å². The van der Waals surface area contributed by atoms with Gasteiger partial charge in [0.2, 0.25) is 5.91 Å². The highest BCUT2D eigenvalue weighted by Gasteiger charge is 2.59. The Hall–Kier alpha value is -3.47. The molecule has 1 aromatic carbocycles. The Bertz CT molecular complexity index is 939. The molecule has 3 fully saturated rings. The molecule has 0 unspecified atom stereocenters. The van der Waals surface area contributed by atoms with Crippen molar-refractivity contribution in [1.29, 1.82) is 0 Å². The van der Waals surface area contributed by atoms with Crippen molar-refractivity contribution in [3.8, 4) is 0 Å². The number of amides is 4. The number of carboxylic acid groups (broad SMARTS) is 1. The summed E-state index contributed by atoms with van der Waals surface area (Å²) >= 11 is 0. The van der Waals surface area contributed by atoms with Crippen LogP contribution in [0.1, 0.15) is 25.3 Å². The number of hydrogen-bond donors (Lipinski definition) is 1. The number of esters is 1. The molecule has 4 amide bonds. The third-order valence-electron chi connectivity index (χ3n) is 6.56. The van der Waals surface area contributed by atoms with E-state index in [9.17, 15) is 19.2 Å². The molecule has 184 valence electrons. The zero-order valence-electron chi connectivity index (χ0n) is 19.3. The number of imide groups is 1. The smallest absolute Gasteiger partial charge is 0.328 e. The summed E-state index contributed by atoms with van der Waals surface area (Å²) in [5.74, 6) is -1.03. The lowest BCUT2D eigenvalue weighted by Crippen LogP contribution is -2.60. The monoisotopic (exact) mass is 475 g/mol. The summed E-state index contributed by atoms with van der Waals surface area (Å²) in [5.41, 5.74) is -0.698. The van der Waals surface area contributed by atoms with Crippen LogP contribution < -0.4 is 0 Å². The van der Waals surface area contributed by atoms with E-state index >= 15 is 0 Å². The fraction of sp³-hybridized carbons (Fsp3) is 0.522. The fourth-order valence-corrected chi connectivity index (χ4v) is 4.58. The van der Waals surface area contributed by atoms with E-state index in [1.54, 1.807) is 9.80 Å². The first-order valence-corrected chi connectivity index (χ1v) is 10.9. The first-order valence-electron chi connectivity index (χ1n) is 10.9. The number of carbonyl (C=O) groups excluding carboxylic acids is 4. The lowest BCUT2D eigenvalue weighted by Gasteiger charge is -2.46. The molecule has 1 spiro atoms. The minimum atomic E-state index is -1.07. The number of piperidine rings is 1. The largest absolute Gasteiger partial charge is 0.483 e. The number of likely N-dealkylation sites (tertiary alicyclic amines) is 1. The van der Waals surface area contributed by atoms with Gasteiger partial charge in [0.05, 0.1) is 25.7 Å². The normalized spacial score (nSPS) is 20.4. The van der Waals surface area contributed by atoms with E-state index in [0.29, 0.717) is 39.1 Å². The van der Waals surface area contributed by atoms with Crippen molar-refractivity contribution in [3.05, 3.63) is 35.9 Å². The van der Waals surface area contributed by atoms with Crippen LogP contribution in [0, 0.1) is 5.41 Å². The molecular formula is C23H29N3O8.